The average molecular weight is 587 g/mol. The first kappa shape index (κ1) is 25.7. The fourth-order valence-electron chi connectivity index (χ4n) is 3.54. The number of halogens is 1. The van der Waals surface area contributed by atoms with Crippen LogP contribution in [0.1, 0.15) is 35.4 Å². The van der Waals surface area contributed by atoms with E-state index < -0.39 is 35.3 Å². The van der Waals surface area contributed by atoms with Crippen molar-refractivity contribution in [3.05, 3.63) is 89.2 Å². The van der Waals surface area contributed by atoms with Crippen LogP contribution in [-0.2, 0) is 13.1 Å². The van der Waals surface area contributed by atoms with Gasteiger partial charge in [-0.25, -0.2) is 4.79 Å². The van der Waals surface area contributed by atoms with Crippen molar-refractivity contribution in [3.63, 3.8) is 0 Å². The van der Waals surface area contributed by atoms with E-state index >= 15 is 0 Å². The minimum atomic E-state index is -1.43. The molecule has 0 aromatic carbocycles. The summed E-state index contributed by atoms with van der Waals surface area (Å²) in [7, 11) is 0. The van der Waals surface area contributed by atoms with E-state index in [4.69, 9.17) is 11.6 Å². The van der Waals surface area contributed by atoms with Crippen molar-refractivity contribution >= 4 is 69.3 Å². The second-order valence-corrected chi connectivity index (χ2v) is 11.0. The van der Waals surface area contributed by atoms with Crippen molar-refractivity contribution in [2.45, 2.75) is 13.1 Å². The van der Waals surface area contributed by atoms with Crippen molar-refractivity contribution in [3.8, 4) is 11.4 Å². The number of carbonyl (C=O) groups excluding carboxylic acids is 2. The van der Waals surface area contributed by atoms with E-state index in [-0.39, 0.29) is 17.1 Å². The number of aromatic carboxylic acids is 1. The summed E-state index contributed by atoms with van der Waals surface area (Å²) in [6.45, 7) is -0.109. The SMILES string of the molecule is O=C(Cn1c(-c2cc(NCc3ccc(Cl)s3)n(C(=O)c3ccsn3)n2)ccc(C(=O)O)c1=O)c1cncs1. The number of carbonyl (C=O) groups is 3. The summed E-state index contributed by atoms with van der Waals surface area (Å²) in [5.41, 5.74) is 0.602. The normalized spacial score (nSPS) is 11.0. The van der Waals surface area contributed by atoms with Gasteiger partial charge in [0.2, 0.25) is 0 Å². The number of hydrogen-bond acceptors (Lipinski definition) is 11. The zero-order valence-electron chi connectivity index (χ0n) is 19.0. The maximum atomic E-state index is 13.2. The lowest BCUT2D eigenvalue weighted by molar-refractivity contribution is 0.0693. The number of aromatic nitrogens is 5. The molecule has 0 saturated heterocycles. The third-order valence-corrected chi connectivity index (χ3v) is 7.91. The van der Waals surface area contributed by atoms with Crippen LogP contribution in [0.25, 0.3) is 11.4 Å². The van der Waals surface area contributed by atoms with Crippen molar-refractivity contribution in [1.29, 1.82) is 0 Å². The number of thiazole rings is 1. The number of nitrogens with one attached hydrogen (secondary N) is 1. The van der Waals surface area contributed by atoms with Gasteiger partial charge in [-0.15, -0.1) is 22.7 Å². The van der Waals surface area contributed by atoms with Crippen molar-refractivity contribution < 1.29 is 19.5 Å². The molecule has 0 aliphatic rings. The first-order valence-corrected chi connectivity index (χ1v) is 13.7. The van der Waals surface area contributed by atoms with Gasteiger partial charge in [0.05, 0.1) is 33.5 Å². The molecule has 15 heteroatoms. The monoisotopic (exact) mass is 586 g/mol. The zero-order valence-corrected chi connectivity index (χ0v) is 22.2. The Morgan fingerprint density at radius 2 is 1.97 bits per heavy atom. The maximum absolute atomic E-state index is 13.2. The van der Waals surface area contributed by atoms with Gasteiger partial charge < -0.3 is 10.4 Å². The molecule has 5 aromatic heterocycles. The van der Waals surface area contributed by atoms with E-state index in [0.29, 0.717) is 21.6 Å². The minimum absolute atomic E-state index is 0.157. The molecule has 0 fully saturated rings. The smallest absolute Gasteiger partial charge is 0.341 e. The van der Waals surface area contributed by atoms with Crippen molar-refractivity contribution in [2.75, 3.05) is 5.32 Å². The van der Waals surface area contributed by atoms with Crippen LogP contribution in [0.15, 0.2) is 58.3 Å². The summed E-state index contributed by atoms with van der Waals surface area (Å²) in [4.78, 5) is 55.9. The predicted molar refractivity (Wildman–Crippen MR) is 144 cm³/mol. The summed E-state index contributed by atoms with van der Waals surface area (Å²) in [5, 5.41) is 18.7. The lowest BCUT2D eigenvalue weighted by atomic mass is 10.2. The molecule has 38 heavy (non-hydrogen) atoms. The fourth-order valence-corrected chi connectivity index (χ4v) is 5.62. The Morgan fingerprint density at radius 3 is 2.63 bits per heavy atom. The van der Waals surface area contributed by atoms with Gasteiger partial charge in [-0.1, -0.05) is 11.6 Å². The highest BCUT2D eigenvalue weighted by molar-refractivity contribution is 7.16. The first-order valence-electron chi connectivity index (χ1n) is 10.7. The number of rotatable bonds is 9. The molecule has 5 heterocycles. The zero-order chi connectivity index (χ0) is 26.8. The Morgan fingerprint density at radius 1 is 1.13 bits per heavy atom. The third kappa shape index (κ3) is 5.19. The number of hydrogen-bond donors (Lipinski definition) is 2. The minimum Gasteiger partial charge on any atom is -0.477 e. The molecule has 0 saturated carbocycles. The summed E-state index contributed by atoms with van der Waals surface area (Å²) < 4.78 is 6.85. The number of nitrogens with zero attached hydrogens (tertiary/aromatic N) is 5. The molecular weight excluding hydrogens is 572 g/mol. The van der Waals surface area contributed by atoms with Gasteiger partial charge in [0, 0.05) is 22.5 Å². The predicted octanol–water partition coefficient (Wildman–Crippen LogP) is 4.22. The van der Waals surface area contributed by atoms with E-state index in [9.17, 15) is 24.3 Å². The molecule has 5 aromatic rings. The van der Waals surface area contributed by atoms with E-state index in [1.54, 1.807) is 23.6 Å². The molecule has 0 unspecified atom stereocenters. The van der Waals surface area contributed by atoms with Crippen molar-refractivity contribution in [2.24, 2.45) is 0 Å². The number of anilines is 1. The van der Waals surface area contributed by atoms with Crippen molar-refractivity contribution in [1.82, 2.24) is 23.7 Å². The first-order chi connectivity index (χ1) is 18.3. The molecule has 0 atom stereocenters. The average Bonchev–Trinajstić information content (AvgIpc) is 3.71. The summed E-state index contributed by atoms with van der Waals surface area (Å²) >= 11 is 9.61. The molecule has 0 radical (unpaired) electrons. The number of Topliss-reactive ketones (excluding diaryl/α,β-unsaturated/α-hetero) is 1. The van der Waals surface area contributed by atoms with Crippen LogP contribution in [-0.4, -0.2) is 46.5 Å². The van der Waals surface area contributed by atoms with E-state index in [2.05, 4.69) is 19.8 Å². The van der Waals surface area contributed by atoms with Gasteiger partial charge in [0.1, 0.15) is 22.8 Å². The summed E-state index contributed by atoms with van der Waals surface area (Å²) in [6.07, 6.45) is 1.37. The van der Waals surface area contributed by atoms with Crippen LogP contribution in [0, 0.1) is 0 Å². The van der Waals surface area contributed by atoms with Gasteiger partial charge in [-0.3, -0.25) is 23.9 Å². The molecule has 2 N–H and O–H groups in total. The number of thiophene rings is 1. The van der Waals surface area contributed by atoms with Crippen LogP contribution in [0.5, 0.6) is 0 Å². The molecular formula is C23H15ClN6O5S3. The summed E-state index contributed by atoms with van der Waals surface area (Å²) in [6, 6.07) is 9.24. The van der Waals surface area contributed by atoms with Crippen LogP contribution >= 0.6 is 45.8 Å². The molecule has 0 aliphatic carbocycles. The standard InChI is InChI=1S/C23H15ClN6O5S3/c24-19-4-1-12(38-19)8-26-20-7-15(27-30(20)22(33)14-5-6-37-28-14)16-3-2-13(23(34)35)21(32)29(16)10-17(31)18-9-25-11-36-18/h1-7,9,11,26H,8,10H2,(H,34,35). The maximum Gasteiger partial charge on any atom is 0.341 e. The number of carboxylic acid groups (broad SMARTS) is 1. The topological polar surface area (TPSA) is 149 Å². The Bertz CT molecular complexity index is 1710. The Balaban J connectivity index is 1.59. The van der Waals surface area contributed by atoms with Gasteiger partial charge >= 0.3 is 5.97 Å². The number of pyridine rings is 1. The Kier molecular flexibility index (Phi) is 7.28. The van der Waals surface area contributed by atoms with Crippen LogP contribution in [0.3, 0.4) is 0 Å². The third-order valence-electron chi connectivity index (χ3n) is 5.31. The Hall–Kier alpha value is -3.98. The van der Waals surface area contributed by atoms with Crippen LogP contribution in [0.4, 0.5) is 5.82 Å². The molecule has 11 nitrogen and oxygen atoms in total. The lowest BCUT2D eigenvalue weighted by Gasteiger charge is -2.11. The summed E-state index contributed by atoms with van der Waals surface area (Å²) in [5.74, 6) is -2.07. The largest absolute Gasteiger partial charge is 0.477 e. The molecule has 0 bridgehead atoms. The molecule has 192 valence electrons. The highest BCUT2D eigenvalue weighted by Crippen LogP contribution is 2.26. The molecule has 0 amide bonds. The second-order valence-electron chi connectivity index (χ2n) is 7.69. The van der Waals surface area contributed by atoms with E-state index in [1.807, 2.05) is 6.07 Å². The Labute approximate surface area is 230 Å². The van der Waals surface area contributed by atoms with Crippen LogP contribution < -0.4 is 10.9 Å². The lowest BCUT2D eigenvalue weighted by Crippen LogP contribution is -2.30. The molecule has 5 rings (SSSR count). The number of ketones is 1. The molecule has 0 aliphatic heterocycles. The van der Waals surface area contributed by atoms with Gasteiger partial charge in [-0.2, -0.15) is 14.2 Å². The van der Waals surface area contributed by atoms with E-state index in [0.717, 1.165) is 43.1 Å². The van der Waals surface area contributed by atoms with Crippen LogP contribution in [0.2, 0.25) is 4.34 Å². The highest BCUT2D eigenvalue weighted by atomic mass is 35.5. The van der Waals surface area contributed by atoms with Gasteiger partial charge in [0.15, 0.2) is 5.78 Å². The highest BCUT2D eigenvalue weighted by Gasteiger charge is 2.23. The number of carboxylic acids is 1. The van der Waals surface area contributed by atoms with Gasteiger partial charge in [0.25, 0.3) is 11.5 Å². The fraction of sp³-hybridized carbons (Fsp3) is 0.0870. The molecule has 0 spiro atoms. The second kappa shape index (κ2) is 10.8. The van der Waals surface area contributed by atoms with E-state index in [1.165, 1.54) is 29.1 Å². The van der Waals surface area contributed by atoms with Gasteiger partial charge in [-0.05, 0) is 41.9 Å². The quantitative estimate of drug-likeness (QED) is 0.242.